The lowest BCUT2D eigenvalue weighted by atomic mass is 10.1. The molecule has 0 unspecified atom stereocenters. The molecule has 0 atom stereocenters. The van der Waals surface area contributed by atoms with E-state index in [9.17, 15) is 4.79 Å². The Balaban J connectivity index is 1.36. The quantitative estimate of drug-likeness (QED) is 0.257. The maximum atomic E-state index is 13.4. The van der Waals surface area contributed by atoms with Crippen molar-refractivity contribution in [3.05, 3.63) is 110 Å². The molecule has 3 aromatic carbocycles. The van der Waals surface area contributed by atoms with Crippen LogP contribution in [0.1, 0.15) is 11.1 Å². The minimum Gasteiger partial charge on any atom is -0.495 e. The molecule has 0 aliphatic heterocycles. The van der Waals surface area contributed by atoms with Gasteiger partial charge in [0.05, 0.1) is 22.4 Å². The lowest BCUT2D eigenvalue weighted by Crippen LogP contribution is -2.23. The Kier molecular flexibility index (Phi) is 5.76. The molecular formula is C30H20ClN5O3S. The summed E-state index contributed by atoms with van der Waals surface area (Å²) in [6, 6.07) is 23.0. The number of thiazole rings is 1. The van der Waals surface area contributed by atoms with Crippen molar-refractivity contribution < 1.29 is 9.15 Å². The summed E-state index contributed by atoms with van der Waals surface area (Å²) >= 11 is 7.70. The minimum absolute atomic E-state index is 0.265. The van der Waals surface area contributed by atoms with Crippen LogP contribution < -0.4 is 14.8 Å². The van der Waals surface area contributed by atoms with Crippen molar-refractivity contribution in [2.75, 3.05) is 7.11 Å². The van der Waals surface area contributed by atoms with Gasteiger partial charge >= 0.3 is 0 Å². The van der Waals surface area contributed by atoms with Crippen molar-refractivity contribution in [3.63, 3.8) is 0 Å². The second-order valence-corrected chi connectivity index (χ2v) is 10.6. The first-order valence-corrected chi connectivity index (χ1v) is 13.6. The SMILES string of the molecule is COc1ccc(-c2nn(-c3ccccc3)cc2/C=c2\sc3nc(-c4oc5ccccc5c4C)nn3c2=O)cc1Cl. The van der Waals surface area contributed by atoms with Crippen LogP contribution in [0, 0.1) is 6.92 Å². The molecule has 196 valence electrons. The molecule has 8 nitrogen and oxygen atoms in total. The molecule has 0 fully saturated rings. The number of hydrogen-bond acceptors (Lipinski definition) is 7. The van der Waals surface area contributed by atoms with E-state index in [4.69, 9.17) is 25.9 Å². The van der Waals surface area contributed by atoms with Crippen molar-refractivity contribution in [2.24, 2.45) is 0 Å². The van der Waals surface area contributed by atoms with Crippen LogP contribution in [-0.2, 0) is 0 Å². The molecule has 10 heteroatoms. The van der Waals surface area contributed by atoms with Crippen molar-refractivity contribution >= 4 is 44.9 Å². The van der Waals surface area contributed by atoms with E-state index in [0.717, 1.165) is 33.3 Å². The third-order valence-electron chi connectivity index (χ3n) is 6.70. The molecule has 0 saturated carbocycles. The second-order valence-electron chi connectivity index (χ2n) is 9.16. The summed E-state index contributed by atoms with van der Waals surface area (Å²) in [5.74, 6) is 1.51. The van der Waals surface area contributed by atoms with Crippen LogP contribution in [0.2, 0.25) is 5.02 Å². The zero-order valence-electron chi connectivity index (χ0n) is 21.3. The summed E-state index contributed by atoms with van der Waals surface area (Å²) in [7, 11) is 1.57. The summed E-state index contributed by atoms with van der Waals surface area (Å²) in [6.45, 7) is 1.96. The van der Waals surface area contributed by atoms with Gasteiger partial charge in [0.15, 0.2) is 5.76 Å². The average molecular weight is 566 g/mol. The first-order valence-electron chi connectivity index (χ1n) is 12.4. The molecule has 0 aliphatic carbocycles. The minimum atomic E-state index is -0.265. The highest BCUT2D eigenvalue weighted by molar-refractivity contribution is 7.15. The van der Waals surface area contributed by atoms with Gasteiger partial charge in [0.2, 0.25) is 10.8 Å². The summed E-state index contributed by atoms with van der Waals surface area (Å²) in [6.07, 6.45) is 3.71. The van der Waals surface area contributed by atoms with Gasteiger partial charge in [-0.25, -0.2) is 4.68 Å². The standard InChI is InChI=1S/C30H20ClN5O3S/c1-17-21-10-6-7-11-23(21)39-27(17)28-32-30-36(34-28)29(37)25(40-30)15-19-16-35(20-8-4-3-5-9-20)33-26(19)18-12-13-24(38-2)22(31)14-18/h3-16H,1-2H3/b25-15-. The fourth-order valence-electron chi connectivity index (χ4n) is 4.70. The average Bonchev–Trinajstić information content (AvgIpc) is 3.73. The maximum Gasteiger partial charge on any atom is 0.291 e. The van der Waals surface area contributed by atoms with E-state index in [0.29, 0.717) is 37.5 Å². The van der Waals surface area contributed by atoms with E-state index in [-0.39, 0.29) is 5.56 Å². The summed E-state index contributed by atoms with van der Waals surface area (Å²) in [4.78, 5) is 18.6. The second kappa shape index (κ2) is 9.48. The lowest BCUT2D eigenvalue weighted by Gasteiger charge is -2.05. The molecule has 40 heavy (non-hydrogen) atoms. The number of fused-ring (bicyclic) bond motifs is 2. The first-order chi connectivity index (χ1) is 19.5. The van der Waals surface area contributed by atoms with Gasteiger partial charge < -0.3 is 9.15 Å². The molecular weight excluding hydrogens is 546 g/mol. The van der Waals surface area contributed by atoms with E-state index in [1.54, 1.807) is 23.9 Å². The van der Waals surface area contributed by atoms with E-state index >= 15 is 0 Å². The van der Waals surface area contributed by atoms with Crippen molar-refractivity contribution in [2.45, 2.75) is 6.92 Å². The number of aryl methyl sites for hydroxylation is 1. The highest BCUT2D eigenvalue weighted by Crippen LogP contribution is 2.33. The Morgan fingerprint density at radius 2 is 1.82 bits per heavy atom. The normalized spacial score (nSPS) is 12.1. The molecule has 0 saturated heterocycles. The van der Waals surface area contributed by atoms with E-state index in [2.05, 4.69) is 10.1 Å². The summed E-state index contributed by atoms with van der Waals surface area (Å²) in [5.41, 5.74) is 4.53. The predicted octanol–water partition coefficient (Wildman–Crippen LogP) is 5.94. The number of furan rings is 1. The molecule has 7 rings (SSSR count). The van der Waals surface area contributed by atoms with Crippen LogP contribution in [0.5, 0.6) is 5.75 Å². The predicted molar refractivity (Wildman–Crippen MR) is 156 cm³/mol. The third kappa shape index (κ3) is 3.98. The van der Waals surface area contributed by atoms with Gasteiger partial charge in [-0.1, -0.05) is 59.3 Å². The molecule has 0 N–H and O–H groups in total. The fourth-order valence-corrected chi connectivity index (χ4v) is 5.86. The first kappa shape index (κ1) is 24.3. The number of benzene rings is 3. The van der Waals surface area contributed by atoms with Crippen LogP contribution in [-0.4, -0.2) is 31.5 Å². The largest absolute Gasteiger partial charge is 0.495 e. The molecule has 0 aliphatic rings. The number of ether oxygens (including phenoxy) is 1. The number of methoxy groups -OCH3 is 1. The Morgan fingerprint density at radius 3 is 2.58 bits per heavy atom. The Bertz CT molecular complexity index is 2160. The highest BCUT2D eigenvalue weighted by atomic mass is 35.5. The fraction of sp³-hybridized carbons (Fsp3) is 0.0667. The van der Waals surface area contributed by atoms with Gasteiger partial charge in [0.25, 0.3) is 5.56 Å². The molecule has 7 aromatic rings. The maximum absolute atomic E-state index is 13.4. The van der Waals surface area contributed by atoms with Crippen LogP contribution in [0.3, 0.4) is 0 Å². The highest BCUT2D eigenvalue weighted by Gasteiger charge is 2.20. The number of halogens is 1. The monoisotopic (exact) mass is 565 g/mol. The van der Waals surface area contributed by atoms with Crippen molar-refractivity contribution in [1.29, 1.82) is 0 Å². The van der Waals surface area contributed by atoms with E-state index < -0.39 is 0 Å². The van der Waals surface area contributed by atoms with Crippen LogP contribution >= 0.6 is 22.9 Å². The Labute approximate surface area is 236 Å². The van der Waals surface area contributed by atoms with Crippen LogP contribution in [0.4, 0.5) is 0 Å². The van der Waals surface area contributed by atoms with Gasteiger partial charge in [-0.3, -0.25) is 4.79 Å². The smallest absolute Gasteiger partial charge is 0.291 e. The van der Waals surface area contributed by atoms with Crippen LogP contribution in [0.15, 0.2) is 88.2 Å². The topological polar surface area (TPSA) is 87.4 Å². The zero-order chi connectivity index (χ0) is 27.4. The lowest BCUT2D eigenvalue weighted by molar-refractivity contribution is 0.415. The van der Waals surface area contributed by atoms with E-state index in [1.807, 2.05) is 79.9 Å². The van der Waals surface area contributed by atoms with Crippen molar-refractivity contribution in [1.82, 2.24) is 24.4 Å². The molecule has 4 aromatic heterocycles. The Morgan fingerprint density at radius 1 is 1.02 bits per heavy atom. The Hall–Kier alpha value is -4.73. The third-order valence-corrected chi connectivity index (χ3v) is 7.96. The number of nitrogens with zero attached hydrogens (tertiary/aromatic N) is 5. The van der Waals surface area contributed by atoms with Gasteiger partial charge in [0, 0.05) is 28.3 Å². The molecule has 0 radical (unpaired) electrons. The van der Waals surface area contributed by atoms with Gasteiger partial charge in [-0.05, 0) is 49.4 Å². The molecule has 0 amide bonds. The van der Waals surface area contributed by atoms with Crippen molar-refractivity contribution in [3.8, 4) is 34.3 Å². The van der Waals surface area contributed by atoms with E-state index in [1.165, 1.54) is 15.9 Å². The van der Waals surface area contributed by atoms with Crippen LogP contribution in [0.25, 0.3) is 50.5 Å². The number of hydrogen-bond donors (Lipinski definition) is 0. The van der Waals surface area contributed by atoms with Gasteiger partial charge in [-0.15, -0.1) is 5.10 Å². The van der Waals surface area contributed by atoms with Gasteiger partial charge in [-0.2, -0.15) is 14.6 Å². The summed E-state index contributed by atoms with van der Waals surface area (Å²) < 4.78 is 14.9. The molecule has 4 heterocycles. The summed E-state index contributed by atoms with van der Waals surface area (Å²) in [5, 5.41) is 10.8. The zero-order valence-corrected chi connectivity index (χ0v) is 22.9. The number of aromatic nitrogens is 5. The van der Waals surface area contributed by atoms with Gasteiger partial charge in [0.1, 0.15) is 17.0 Å². The molecule has 0 spiro atoms. The molecule has 0 bridgehead atoms. The number of rotatable bonds is 5. The number of para-hydroxylation sites is 2.